The Morgan fingerprint density at radius 2 is 1.83 bits per heavy atom. The number of carbonyl (C=O) groups excluding carboxylic acids is 1. The Morgan fingerprint density at radius 3 is 2.39 bits per heavy atom. The summed E-state index contributed by atoms with van der Waals surface area (Å²) in [4.78, 5) is 13.1. The van der Waals surface area contributed by atoms with Gasteiger partial charge in [-0.2, -0.15) is 0 Å². The largest absolute Gasteiger partial charge is 0.304 e. The van der Waals surface area contributed by atoms with Crippen LogP contribution in [-0.4, -0.2) is 30.8 Å². The van der Waals surface area contributed by atoms with Gasteiger partial charge in [-0.3, -0.25) is 0 Å². The van der Waals surface area contributed by atoms with Crippen LogP contribution in [0.2, 0.25) is 0 Å². The molecule has 0 aromatic heterocycles. The maximum absolute atomic E-state index is 10.6. The van der Waals surface area contributed by atoms with Gasteiger partial charge in [0, 0.05) is 13.0 Å². The van der Waals surface area contributed by atoms with E-state index < -0.39 is 0 Å². The third-order valence-electron chi connectivity index (χ3n) is 3.89. The first kappa shape index (κ1) is 19.1. The SMILES string of the molecule is C\C=C/C(=C\C=C\c1ccc(CCN(CC)CC)cc1)CC=O. The van der Waals surface area contributed by atoms with Gasteiger partial charge >= 0.3 is 0 Å². The highest BCUT2D eigenvalue weighted by Crippen LogP contribution is 2.09. The van der Waals surface area contributed by atoms with E-state index in [0.29, 0.717) is 6.42 Å². The molecule has 0 aliphatic carbocycles. The molecule has 0 N–H and O–H groups in total. The van der Waals surface area contributed by atoms with Crippen LogP contribution >= 0.6 is 0 Å². The van der Waals surface area contributed by atoms with Crippen molar-refractivity contribution in [1.29, 1.82) is 0 Å². The highest BCUT2D eigenvalue weighted by Gasteiger charge is 1.99. The van der Waals surface area contributed by atoms with Crippen LogP contribution in [0.5, 0.6) is 0 Å². The Balaban J connectivity index is 2.60. The summed E-state index contributed by atoms with van der Waals surface area (Å²) in [5.74, 6) is 0. The number of nitrogens with zero attached hydrogens (tertiary/aromatic N) is 1. The molecule has 23 heavy (non-hydrogen) atoms. The number of hydrogen-bond donors (Lipinski definition) is 0. The van der Waals surface area contributed by atoms with Gasteiger partial charge in [0.1, 0.15) is 6.29 Å². The topological polar surface area (TPSA) is 20.3 Å². The Labute approximate surface area is 141 Å². The molecular weight excluding hydrogens is 282 g/mol. The average molecular weight is 311 g/mol. The molecule has 0 amide bonds. The summed E-state index contributed by atoms with van der Waals surface area (Å²) < 4.78 is 0. The van der Waals surface area contributed by atoms with E-state index in [4.69, 9.17) is 0 Å². The van der Waals surface area contributed by atoms with Crippen LogP contribution in [-0.2, 0) is 11.2 Å². The van der Waals surface area contributed by atoms with E-state index >= 15 is 0 Å². The molecule has 0 saturated carbocycles. The monoisotopic (exact) mass is 311 g/mol. The van der Waals surface area contributed by atoms with Crippen molar-refractivity contribution in [3.63, 3.8) is 0 Å². The fraction of sp³-hybridized carbons (Fsp3) is 0.381. The molecule has 0 spiro atoms. The van der Waals surface area contributed by atoms with Gasteiger partial charge < -0.3 is 9.69 Å². The third-order valence-corrected chi connectivity index (χ3v) is 3.89. The third kappa shape index (κ3) is 7.75. The Bertz CT molecular complexity index is 533. The second-order valence-electron chi connectivity index (χ2n) is 5.49. The highest BCUT2D eigenvalue weighted by atomic mass is 16.1. The molecule has 2 heteroatoms. The van der Waals surface area contributed by atoms with E-state index in [-0.39, 0.29) is 0 Å². The lowest BCUT2D eigenvalue weighted by atomic mass is 10.1. The zero-order valence-electron chi connectivity index (χ0n) is 14.7. The second-order valence-corrected chi connectivity index (χ2v) is 5.49. The standard InChI is InChI=1S/C21H29NO/c1-4-8-19(16-18-23)9-7-10-20-11-13-21(14-12-20)15-17-22(5-2)6-3/h4,7-14,18H,5-6,15-17H2,1-3H3/b8-4-,10-7+,19-9+. The van der Waals surface area contributed by atoms with Gasteiger partial charge in [-0.05, 0) is 43.1 Å². The van der Waals surface area contributed by atoms with Crippen LogP contribution in [0.3, 0.4) is 0 Å². The minimum atomic E-state index is 0.457. The quantitative estimate of drug-likeness (QED) is 0.462. The Hall–Kier alpha value is -1.93. The number of rotatable bonds is 10. The Kier molecular flexibility index (Phi) is 9.65. The molecule has 0 unspecified atom stereocenters. The summed E-state index contributed by atoms with van der Waals surface area (Å²) in [5, 5.41) is 0. The minimum Gasteiger partial charge on any atom is -0.304 e. The molecular formula is C21H29NO. The zero-order valence-corrected chi connectivity index (χ0v) is 14.7. The van der Waals surface area contributed by atoms with Gasteiger partial charge in [0.2, 0.25) is 0 Å². The fourth-order valence-electron chi connectivity index (χ4n) is 2.41. The lowest BCUT2D eigenvalue weighted by molar-refractivity contribution is -0.107. The maximum atomic E-state index is 10.6. The molecule has 0 bridgehead atoms. The highest BCUT2D eigenvalue weighted by molar-refractivity contribution is 5.58. The van der Waals surface area contributed by atoms with Crippen LogP contribution in [0, 0.1) is 0 Å². The van der Waals surface area contributed by atoms with Gasteiger partial charge in [-0.25, -0.2) is 0 Å². The lowest BCUT2D eigenvalue weighted by Crippen LogP contribution is -2.25. The number of hydrogen-bond acceptors (Lipinski definition) is 2. The van der Waals surface area contributed by atoms with E-state index in [1.54, 1.807) is 0 Å². The molecule has 0 fully saturated rings. The molecule has 0 radical (unpaired) electrons. The maximum Gasteiger partial charge on any atom is 0.124 e. The van der Waals surface area contributed by atoms with Crippen LogP contribution in [0.4, 0.5) is 0 Å². The minimum absolute atomic E-state index is 0.457. The van der Waals surface area contributed by atoms with Crippen LogP contribution in [0.15, 0.2) is 54.1 Å². The van der Waals surface area contributed by atoms with Crippen molar-refractivity contribution in [2.24, 2.45) is 0 Å². The average Bonchev–Trinajstić information content (AvgIpc) is 2.57. The molecule has 1 rings (SSSR count). The number of allylic oxidation sites excluding steroid dienone is 5. The van der Waals surface area contributed by atoms with Crippen LogP contribution in [0.1, 0.15) is 38.3 Å². The summed E-state index contributed by atoms with van der Waals surface area (Å²) in [5.41, 5.74) is 3.58. The Morgan fingerprint density at radius 1 is 1.13 bits per heavy atom. The van der Waals surface area contributed by atoms with Gasteiger partial charge in [0.15, 0.2) is 0 Å². The summed E-state index contributed by atoms with van der Waals surface area (Å²) in [6, 6.07) is 8.70. The van der Waals surface area contributed by atoms with Crippen molar-refractivity contribution in [1.82, 2.24) is 4.90 Å². The van der Waals surface area contributed by atoms with Crippen LogP contribution < -0.4 is 0 Å². The van der Waals surface area contributed by atoms with E-state index in [2.05, 4.69) is 49.1 Å². The predicted molar refractivity (Wildman–Crippen MR) is 101 cm³/mol. The number of benzene rings is 1. The summed E-state index contributed by atoms with van der Waals surface area (Å²) in [7, 11) is 0. The normalized spacial score (nSPS) is 12.6. The van der Waals surface area contributed by atoms with Gasteiger partial charge in [0.25, 0.3) is 0 Å². The van der Waals surface area contributed by atoms with E-state index in [1.165, 1.54) is 11.1 Å². The van der Waals surface area contributed by atoms with Gasteiger partial charge in [-0.1, -0.05) is 68.5 Å². The van der Waals surface area contributed by atoms with Crippen molar-refractivity contribution in [2.45, 2.75) is 33.6 Å². The number of likely N-dealkylation sites (N-methyl/N-ethyl adjacent to an activating group) is 1. The zero-order chi connectivity index (χ0) is 16.9. The van der Waals surface area contributed by atoms with Crippen LogP contribution in [0.25, 0.3) is 6.08 Å². The molecule has 1 aromatic rings. The molecule has 0 saturated heterocycles. The first-order valence-electron chi connectivity index (χ1n) is 8.48. The predicted octanol–water partition coefficient (Wildman–Crippen LogP) is 4.68. The van der Waals surface area contributed by atoms with Gasteiger partial charge in [-0.15, -0.1) is 0 Å². The first-order valence-corrected chi connectivity index (χ1v) is 8.48. The molecule has 0 aliphatic heterocycles. The second kappa shape index (κ2) is 11.6. The summed E-state index contributed by atoms with van der Waals surface area (Å²) >= 11 is 0. The van der Waals surface area contributed by atoms with Crippen molar-refractivity contribution >= 4 is 12.4 Å². The summed E-state index contributed by atoms with van der Waals surface area (Å²) in [6.45, 7) is 9.70. The number of aldehydes is 1. The van der Waals surface area contributed by atoms with E-state index in [0.717, 1.165) is 37.9 Å². The molecule has 0 atom stereocenters. The molecule has 0 aliphatic rings. The van der Waals surface area contributed by atoms with E-state index in [1.807, 2.05) is 31.2 Å². The molecule has 0 heterocycles. The van der Waals surface area contributed by atoms with Crippen molar-refractivity contribution in [3.05, 3.63) is 65.3 Å². The molecule has 1 aromatic carbocycles. The summed E-state index contributed by atoms with van der Waals surface area (Å²) in [6.07, 6.45) is 12.5. The molecule has 124 valence electrons. The van der Waals surface area contributed by atoms with Crippen molar-refractivity contribution in [3.8, 4) is 0 Å². The fourth-order valence-corrected chi connectivity index (χ4v) is 2.41. The van der Waals surface area contributed by atoms with Crippen molar-refractivity contribution in [2.75, 3.05) is 19.6 Å². The van der Waals surface area contributed by atoms with E-state index in [9.17, 15) is 4.79 Å². The first-order chi connectivity index (χ1) is 11.2. The number of carbonyl (C=O) groups is 1. The van der Waals surface area contributed by atoms with Crippen molar-refractivity contribution < 1.29 is 4.79 Å². The van der Waals surface area contributed by atoms with Gasteiger partial charge in [0.05, 0.1) is 0 Å². The molecule has 2 nitrogen and oxygen atoms in total. The lowest BCUT2D eigenvalue weighted by Gasteiger charge is -2.17. The smallest absolute Gasteiger partial charge is 0.124 e.